The number of methoxy groups -OCH3 is 1. The summed E-state index contributed by atoms with van der Waals surface area (Å²) < 4.78 is 16.4. The first kappa shape index (κ1) is 23.1. The van der Waals surface area contributed by atoms with Gasteiger partial charge in [0.1, 0.15) is 18.1 Å². The second-order valence-electron chi connectivity index (χ2n) is 8.02. The van der Waals surface area contributed by atoms with Gasteiger partial charge in [-0.2, -0.15) is 0 Å². The van der Waals surface area contributed by atoms with Crippen molar-refractivity contribution in [1.82, 2.24) is 4.90 Å². The number of benzene rings is 2. The fraction of sp³-hybridized carbons (Fsp3) is 0.480. The van der Waals surface area contributed by atoms with Crippen molar-refractivity contribution in [3.8, 4) is 11.5 Å². The Kier molecular flexibility index (Phi) is 8.32. The van der Waals surface area contributed by atoms with Crippen LogP contribution >= 0.6 is 0 Å². The standard InChI is InChI=1S/C25H33NO5/c1-3-30-24(28)25(18-20-6-4-8-22(16-20)29-2)10-12-26(13-11-25)19-21-7-5-9-23(17-21)31-15-14-27/h4-9,16-17,27H,3,10-15,18-19H2,1-2H3. The van der Waals surface area contributed by atoms with Gasteiger partial charge in [-0.05, 0) is 74.7 Å². The predicted octanol–water partition coefficient (Wildman–Crippen LogP) is 3.45. The fourth-order valence-corrected chi connectivity index (χ4v) is 4.20. The molecule has 0 bridgehead atoms. The number of carbonyl (C=O) groups excluding carboxylic acids is 1. The number of hydrogen-bond donors (Lipinski definition) is 1. The lowest BCUT2D eigenvalue weighted by atomic mass is 9.73. The van der Waals surface area contributed by atoms with Crippen LogP contribution < -0.4 is 9.47 Å². The monoisotopic (exact) mass is 427 g/mol. The summed E-state index contributed by atoms with van der Waals surface area (Å²) in [6, 6.07) is 15.9. The molecule has 1 saturated heterocycles. The minimum absolute atomic E-state index is 0.000413. The van der Waals surface area contributed by atoms with Crippen molar-refractivity contribution in [3.63, 3.8) is 0 Å². The van der Waals surface area contributed by atoms with Crippen LogP contribution in [0.5, 0.6) is 11.5 Å². The van der Waals surface area contributed by atoms with Gasteiger partial charge in [0.2, 0.25) is 0 Å². The minimum atomic E-state index is -0.509. The van der Waals surface area contributed by atoms with Crippen molar-refractivity contribution >= 4 is 5.97 Å². The van der Waals surface area contributed by atoms with Crippen LogP contribution in [0.15, 0.2) is 48.5 Å². The topological polar surface area (TPSA) is 68.2 Å². The van der Waals surface area contributed by atoms with E-state index in [2.05, 4.69) is 11.0 Å². The largest absolute Gasteiger partial charge is 0.497 e. The molecule has 168 valence electrons. The highest BCUT2D eigenvalue weighted by Crippen LogP contribution is 2.37. The van der Waals surface area contributed by atoms with Gasteiger partial charge in [-0.1, -0.05) is 24.3 Å². The maximum absolute atomic E-state index is 13.0. The molecule has 31 heavy (non-hydrogen) atoms. The van der Waals surface area contributed by atoms with E-state index in [1.54, 1.807) is 7.11 Å². The summed E-state index contributed by atoms with van der Waals surface area (Å²) in [5, 5.41) is 8.95. The van der Waals surface area contributed by atoms with Gasteiger partial charge in [0.05, 0.1) is 25.7 Å². The molecule has 2 aromatic carbocycles. The maximum atomic E-state index is 13.0. The molecule has 0 amide bonds. The lowest BCUT2D eigenvalue weighted by Gasteiger charge is -2.40. The number of likely N-dealkylation sites (tertiary alicyclic amines) is 1. The number of aliphatic hydroxyl groups is 1. The first-order valence-corrected chi connectivity index (χ1v) is 10.9. The quantitative estimate of drug-likeness (QED) is 0.586. The molecule has 1 heterocycles. The van der Waals surface area contributed by atoms with Crippen molar-refractivity contribution in [1.29, 1.82) is 0 Å². The number of esters is 1. The number of aliphatic hydroxyl groups excluding tert-OH is 1. The van der Waals surface area contributed by atoms with E-state index in [9.17, 15) is 4.79 Å². The Hall–Kier alpha value is -2.57. The van der Waals surface area contributed by atoms with Crippen molar-refractivity contribution in [2.45, 2.75) is 32.7 Å². The third-order valence-corrected chi connectivity index (χ3v) is 5.86. The number of rotatable bonds is 10. The third kappa shape index (κ3) is 6.21. The zero-order valence-corrected chi connectivity index (χ0v) is 18.5. The molecule has 1 fully saturated rings. The number of carbonyl (C=O) groups is 1. The van der Waals surface area contributed by atoms with E-state index in [0.717, 1.165) is 55.1 Å². The van der Waals surface area contributed by atoms with E-state index < -0.39 is 5.41 Å². The number of nitrogens with zero attached hydrogens (tertiary/aromatic N) is 1. The first-order chi connectivity index (χ1) is 15.1. The third-order valence-electron chi connectivity index (χ3n) is 5.86. The number of ether oxygens (including phenoxy) is 3. The molecule has 0 unspecified atom stereocenters. The summed E-state index contributed by atoms with van der Waals surface area (Å²) in [5.41, 5.74) is 1.74. The Bertz CT molecular complexity index is 845. The highest BCUT2D eigenvalue weighted by atomic mass is 16.5. The zero-order valence-electron chi connectivity index (χ0n) is 18.5. The summed E-state index contributed by atoms with van der Waals surface area (Å²) >= 11 is 0. The number of piperidine rings is 1. The zero-order chi connectivity index (χ0) is 22.1. The van der Waals surface area contributed by atoms with Crippen molar-refractivity contribution < 1.29 is 24.1 Å². The van der Waals surface area contributed by atoms with Crippen LogP contribution in [0.4, 0.5) is 0 Å². The molecule has 6 nitrogen and oxygen atoms in total. The second kappa shape index (κ2) is 11.2. The molecular formula is C25H33NO5. The van der Waals surface area contributed by atoms with E-state index in [4.69, 9.17) is 19.3 Å². The van der Waals surface area contributed by atoms with Crippen LogP contribution in [0.1, 0.15) is 30.9 Å². The molecule has 3 rings (SSSR count). The van der Waals surface area contributed by atoms with Gasteiger partial charge in [0.25, 0.3) is 0 Å². The first-order valence-electron chi connectivity index (χ1n) is 10.9. The fourth-order valence-electron chi connectivity index (χ4n) is 4.20. The minimum Gasteiger partial charge on any atom is -0.497 e. The summed E-state index contributed by atoms with van der Waals surface area (Å²) in [7, 11) is 1.66. The van der Waals surface area contributed by atoms with Gasteiger partial charge in [0, 0.05) is 6.54 Å². The van der Waals surface area contributed by atoms with Crippen molar-refractivity contribution in [2.24, 2.45) is 5.41 Å². The Labute approximate surface area is 184 Å². The lowest BCUT2D eigenvalue weighted by Crippen LogP contribution is -2.46. The SMILES string of the molecule is CCOC(=O)C1(Cc2cccc(OC)c2)CCN(Cc2cccc(OCCO)c2)CC1. The van der Waals surface area contributed by atoms with Crippen LogP contribution in [-0.2, 0) is 22.5 Å². The summed E-state index contributed by atoms with van der Waals surface area (Å²) in [6.07, 6.45) is 2.16. The van der Waals surface area contributed by atoms with Crippen molar-refractivity contribution in [3.05, 3.63) is 59.7 Å². The highest BCUT2D eigenvalue weighted by molar-refractivity contribution is 5.77. The van der Waals surface area contributed by atoms with Crippen LogP contribution in [0, 0.1) is 5.41 Å². The predicted molar refractivity (Wildman–Crippen MR) is 119 cm³/mol. The summed E-state index contributed by atoms with van der Waals surface area (Å²) in [4.78, 5) is 15.3. The smallest absolute Gasteiger partial charge is 0.312 e. The Balaban J connectivity index is 1.67. The molecule has 0 atom stereocenters. The van der Waals surface area contributed by atoms with Crippen molar-refractivity contribution in [2.75, 3.05) is 40.0 Å². The van der Waals surface area contributed by atoms with Crippen LogP contribution in [0.3, 0.4) is 0 Å². The highest BCUT2D eigenvalue weighted by Gasteiger charge is 2.42. The lowest BCUT2D eigenvalue weighted by molar-refractivity contribution is -0.158. The molecule has 0 aromatic heterocycles. The van der Waals surface area contributed by atoms with E-state index >= 15 is 0 Å². The van der Waals surface area contributed by atoms with Gasteiger partial charge in [-0.3, -0.25) is 9.69 Å². The molecule has 1 aliphatic heterocycles. The van der Waals surface area contributed by atoms with Crippen LogP contribution in [0.25, 0.3) is 0 Å². The average Bonchev–Trinajstić information content (AvgIpc) is 2.79. The molecule has 0 spiro atoms. The second-order valence-corrected chi connectivity index (χ2v) is 8.02. The van der Waals surface area contributed by atoms with Gasteiger partial charge < -0.3 is 19.3 Å². The molecular weight excluding hydrogens is 394 g/mol. The van der Waals surface area contributed by atoms with Gasteiger partial charge in [0.15, 0.2) is 0 Å². The molecule has 1 aliphatic rings. The van der Waals surface area contributed by atoms with Gasteiger partial charge in [-0.15, -0.1) is 0 Å². The van der Waals surface area contributed by atoms with E-state index in [-0.39, 0.29) is 12.6 Å². The Morgan fingerprint density at radius 1 is 1.06 bits per heavy atom. The molecule has 6 heteroatoms. The Morgan fingerprint density at radius 3 is 2.42 bits per heavy atom. The summed E-state index contributed by atoms with van der Waals surface area (Å²) in [6.45, 7) is 4.99. The maximum Gasteiger partial charge on any atom is 0.312 e. The summed E-state index contributed by atoms with van der Waals surface area (Å²) in [5.74, 6) is 1.47. The van der Waals surface area contributed by atoms with Crippen LogP contribution in [-0.4, -0.2) is 56.0 Å². The van der Waals surface area contributed by atoms with Gasteiger partial charge in [-0.25, -0.2) is 0 Å². The average molecular weight is 428 g/mol. The number of hydrogen-bond acceptors (Lipinski definition) is 6. The van der Waals surface area contributed by atoms with Gasteiger partial charge >= 0.3 is 5.97 Å². The molecule has 0 radical (unpaired) electrons. The van der Waals surface area contributed by atoms with E-state index in [0.29, 0.717) is 19.6 Å². The molecule has 0 saturated carbocycles. The Morgan fingerprint density at radius 2 is 1.74 bits per heavy atom. The molecule has 0 aliphatic carbocycles. The normalized spacial score (nSPS) is 16.0. The molecule has 1 N–H and O–H groups in total. The van der Waals surface area contributed by atoms with Crippen LogP contribution in [0.2, 0.25) is 0 Å². The van der Waals surface area contributed by atoms with E-state index in [1.165, 1.54) is 0 Å². The molecule has 2 aromatic rings. The van der Waals surface area contributed by atoms with E-state index in [1.807, 2.05) is 49.4 Å².